The van der Waals surface area contributed by atoms with Gasteiger partial charge in [-0.05, 0) is 18.2 Å². The molecule has 0 bridgehead atoms. The molecule has 0 saturated carbocycles. The third kappa shape index (κ3) is 3.44. The summed E-state index contributed by atoms with van der Waals surface area (Å²) in [6, 6.07) is 8.92. The van der Waals surface area contributed by atoms with Crippen molar-refractivity contribution in [2.75, 3.05) is 0 Å². The van der Waals surface area contributed by atoms with Crippen LogP contribution >= 0.6 is 23.1 Å². The summed E-state index contributed by atoms with van der Waals surface area (Å²) in [6.45, 7) is 0.110. The lowest BCUT2D eigenvalue weighted by atomic mass is 10.1. The van der Waals surface area contributed by atoms with Crippen LogP contribution in [-0.4, -0.2) is 24.6 Å². The van der Waals surface area contributed by atoms with E-state index in [2.05, 4.69) is 19.0 Å². The number of nitrogens with zero attached hydrogens (tertiary/aromatic N) is 4. The lowest BCUT2D eigenvalue weighted by molar-refractivity contribution is -0.383. The summed E-state index contributed by atoms with van der Waals surface area (Å²) < 4.78 is 21.7. The number of hydrogen-bond acceptors (Lipinski definition) is 8. The average molecular weight is 415 g/mol. The fourth-order valence-electron chi connectivity index (χ4n) is 2.59. The van der Waals surface area contributed by atoms with E-state index < -0.39 is 10.8 Å². The number of halogens is 1. The number of carbonyl (C=O) groups is 1. The van der Waals surface area contributed by atoms with Crippen LogP contribution in [0.15, 0.2) is 41.8 Å². The summed E-state index contributed by atoms with van der Waals surface area (Å²) in [7, 11) is 0. The molecular formula is C17H10FN5O3S2. The number of aromatic nitrogens is 3. The Morgan fingerprint density at radius 1 is 1.25 bits per heavy atom. The minimum Gasteiger partial charge on any atom is -0.346 e. The molecule has 2 aromatic carbocycles. The fourth-order valence-corrected chi connectivity index (χ4v) is 3.86. The Labute approximate surface area is 165 Å². The predicted molar refractivity (Wildman–Crippen MR) is 103 cm³/mol. The highest BCUT2D eigenvalue weighted by Gasteiger charge is 2.20. The van der Waals surface area contributed by atoms with Gasteiger partial charge in [0.2, 0.25) is 0 Å². The van der Waals surface area contributed by atoms with Gasteiger partial charge in [-0.1, -0.05) is 12.1 Å². The van der Waals surface area contributed by atoms with Crippen LogP contribution in [0.3, 0.4) is 0 Å². The van der Waals surface area contributed by atoms with Crippen molar-refractivity contribution in [1.82, 2.24) is 19.0 Å². The topological polar surface area (TPSA) is 111 Å². The summed E-state index contributed by atoms with van der Waals surface area (Å²) in [5.41, 5.74) is 1.15. The van der Waals surface area contributed by atoms with E-state index in [0.29, 0.717) is 21.8 Å². The Morgan fingerprint density at radius 3 is 2.86 bits per heavy atom. The molecule has 4 aromatic rings. The number of nitrogens with one attached hydrogen (secondary N) is 1. The number of thiazole rings is 1. The van der Waals surface area contributed by atoms with Gasteiger partial charge in [-0.25, -0.2) is 9.37 Å². The zero-order valence-corrected chi connectivity index (χ0v) is 15.6. The molecule has 0 atom stereocenters. The largest absolute Gasteiger partial charge is 0.346 e. The first-order valence-electron chi connectivity index (χ1n) is 7.91. The second-order valence-corrected chi connectivity index (χ2v) is 7.14. The zero-order valence-electron chi connectivity index (χ0n) is 14.0. The van der Waals surface area contributed by atoms with Gasteiger partial charge in [-0.3, -0.25) is 14.9 Å². The molecule has 1 amide bonds. The lowest BCUT2D eigenvalue weighted by Crippen LogP contribution is -2.22. The van der Waals surface area contributed by atoms with E-state index in [4.69, 9.17) is 0 Å². The Kier molecular flexibility index (Phi) is 4.75. The molecule has 140 valence electrons. The van der Waals surface area contributed by atoms with Crippen molar-refractivity contribution >= 4 is 45.7 Å². The summed E-state index contributed by atoms with van der Waals surface area (Å²) in [4.78, 5) is 27.4. The summed E-state index contributed by atoms with van der Waals surface area (Å²) >= 11 is 2.12. The van der Waals surface area contributed by atoms with Gasteiger partial charge in [-0.2, -0.15) is 8.75 Å². The van der Waals surface area contributed by atoms with Gasteiger partial charge < -0.3 is 5.32 Å². The number of rotatable bonds is 5. The average Bonchev–Trinajstić information content (AvgIpc) is 3.34. The van der Waals surface area contributed by atoms with Gasteiger partial charge in [0.15, 0.2) is 5.52 Å². The van der Waals surface area contributed by atoms with Gasteiger partial charge >= 0.3 is 0 Å². The molecule has 28 heavy (non-hydrogen) atoms. The first-order valence-corrected chi connectivity index (χ1v) is 9.52. The van der Waals surface area contributed by atoms with E-state index in [1.165, 1.54) is 29.5 Å². The zero-order chi connectivity index (χ0) is 19.7. The van der Waals surface area contributed by atoms with Crippen LogP contribution in [-0.2, 0) is 6.54 Å². The minimum atomic E-state index is -0.595. The first kappa shape index (κ1) is 18.1. The predicted octanol–water partition coefficient (Wildman–Crippen LogP) is 3.79. The van der Waals surface area contributed by atoms with Gasteiger partial charge in [0.25, 0.3) is 11.6 Å². The van der Waals surface area contributed by atoms with Gasteiger partial charge in [0.1, 0.15) is 16.3 Å². The van der Waals surface area contributed by atoms with Gasteiger partial charge in [-0.15, -0.1) is 11.3 Å². The molecule has 0 aliphatic rings. The molecule has 0 aliphatic heterocycles. The Bertz CT molecular complexity index is 1210. The Balaban J connectivity index is 1.52. The van der Waals surface area contributed by atoms with E-state index in [1.54, 1.807) is 23.6 Å². The number of hydrogen-bond donors (Lipinski definition) is 1. The van der Waals surface area contributed by atoms with E-state index >= 15 is 0 Å². The normalized spacial score (nSPS) is 10.9. The molecule has 0 spiro atoms. The Hall–Kier alpha value is -3.31. The van der Waals surface area contributed by atoms with E-state index in [0.717, 1.165) is 11.7 Å². The highest BCUT2D eigenvalue weighted by Crippen LogP contribution is 2.26. The van der Waals surface area contributed by atoms with E-state index in [9.17, 15) is 19.3 Å². The highest BCUT2D eigenvalue weighted by molar-refractivity contribution is 7.09. The first-order chi connectivity index (χ1) is 13.5. The summed E-state index contributed by atoms with van der Waals surface area (Å²) in [5, 5.41) is 16.2. The van der Waals surface area contributed by atoms with Crippen molar-refractivity contribution in [3.8, 4) is 11.3 Å². The monoisotopic (exact) mass is 415 g/mol. The third-order valence-corrected chi connectivity index (χ3v) is 5.29. The van der Waals surface area contributed by atoms with Crippen LogP contribution < -0.4 is 5.32 Å². The molecule has 0 saturated heterocycles. The van der Waals surface area contributed by atoms with Crippen LogP contribution in [0.25, 0.3) is 22.3 Å². The van der Waals surface area contributed by atoms with E-state index in [1.807, 2.05) is 0 Å². The molecule has 2 heterocycles. The SMILES string of the molecule is O=C(NCc1nc(-c2ccccc2F)cs1)c1cc([N+](=O)[O-])c2nsnc2c1. The smallest absolute Gasteiger partial charge is 0.299 e. The van der Waals surface area contributed by atoms with Gasteiger partial charge in [0, 0.05) is 22.6 Å². The molecule has 0 aliphatic carbocycles. The second-order valence-electron chi connectivity index (χ2n) is 5.67. The molecule has 0 unspecified atom stereocenters. The van der Waals surface area contributed by atoms with Crippen molar-refractivity contribution in [2.45, 2.75) is 6.54 Å². The lowest BCUT2D eigenvalue weighted by Gasteiger charge is -2.03. The van der Waals surface area contributed by atoms with Crippen molar-refractivity contribution in [1.29, 1.82) is 0 Å². The van der Waals surface area contributed by atoms with Crippen molar-refractivity contribution < 1.29 is 14.1 Å². The quantitative estimate of drug-likeness (QED) is 0.392. The number of benzene rings is 2. The minimum absolute atomic E-state index is 0.109. The third-order valence-electron chi connectivity index (χ3n) is 3.90. The van der Waals surface area contributed by atoms with Gasteiger partial charge in [0.05, 0.1) is 28.9 Å². The number of nitro groups is 1. The van der Waals surface area contributed by atoms with Crippen molar-refractivity contribution in [2.24, 2.45) is 0 Å². The number of amides is 1. The van der Waals surface area contributed by atoms with Crippen molar-refractivity contribution in [3.05, 3.63) is 68.3 Å². The molecule has 1 N–H and O–H groups in total. The number of non-ortho nitro benzene ring substituents is 1. The van der Waals surface area contributed by atoms with Crippen molar-refractivity contribution in [3.63, 3.8) is 0 Å². The molecular weight excluding hydrogens is 405 g/mol. The maximum atomic E-state index is 13.9. The molecule has 2 aromatic heterocycles. The van der Waals surface area contributed by atoms with Crippen LogP contribution in [0.5, 0.6) is 0 Å². The summed E-state index contributed by atoms with van der Waals surface area (Å²) in [5.74, 6) is -0.874. The molecule has 4 rings (SSSR count). The number of carbonyl (C=O) groups excluding carboxylic acids is 1. The van der Waals surface area contributed by atoms with Crippen LogP contribution in [0, 0.1) is 15.9 Å². The maximum absolute atomic E-state index is 13.9. The molecule has 11 heteroatoms. The van der Waals surface area contributed by atoms with E-state index in [-0.39, 0.29) is 29.1 Å². The standard InChI is InChI=1S/C17H10FN5O3S2/c18-11-4-2-1-3-10(11)13-8-27-15(20-13)7-19-17(24)9-5-12-16(22-28-21-12)14(6-9)23(25)26/h1-6,8H,7H2,(H,19,24). The van der Waals surface area contributed by atoms with Crippen LogP contribution in [0.4, 0.5) is 10.1 Å². The number of nitro benzene ring substituents is 1. The molecule has 0 fully saturated rings. The summed E-state index contributed by atoms with van der Waals surface area (Å²) in [6.07, 6.45) is 0. The Morgan fingerprint density at radius 2 is 2.07 bits per heavy atom. The molecule has 8 nitrogen and oxygen atoms in total. The number of fused-ring (bicyclic) bond motifs is 1. The molecule has 0 radical (unpaired) electrons. The van der Waals surface area contributed by atoms with Crippen LogP contribution in [0.2, 0.25) is 0 Å². The highest BCUT2D eigenvalue weighted by atomic mass is 32.1. The maximum Gasteiger partial charge on any atom is 0.299 e. The fraction of sp³-hybridized carbons (Fsp3) is 0.0588. The second kappa shape index (κ2) is 7.37. The van der Waals surface area contributed by atoms with Crippen LogP contribution in [0.1, 0.15) is 15.4 Å².